The van der Waals surface area contributed by atoms with Gasteiger partial charge in [0.1, 0.15) is 5.69 Å². The number of anilines is 1. The number of nitrogens with one attached hydrogen (secondary N) is 1. The summed E-state index contributed by atoms with van der Waals surface area (Å²) < 4.78 is 2.09. The fourth-order valence-electron chi connectivity index (χ4n) is 4.62. The average molecular weight is 472 g/mol. The molecule has 5 nitrogen and oxygen atoms in total. The number of aromatic nitrogens is 1. The highest BCUT2D eigenvalue weighted by molar-refractivity contribution is 6.34. The number of aryl methyl sites for hydroxylation is 1. The summed E-state index contributed by atoms with van der Waals surface area (Å²) in [7, 11) is 0. The Morgan fingerprint density at radius 1 is 0.941 bits per heavy atom. The molecule has 1 aliphatic rings. The van der Waals surface area contributed by atoms with Crippen LogP contribution in [0, 0.1) is 6.92 Å². The van der Waals surface area contributed by atoms with E-state index in [1.165, 1.54) is 5.56 Å². The van der Waals surface area contributed by atoms with Crippen LogP contribution in [0.3, 0.4) is 0 Å². The molecule has 3 aromatic carbocycles. The first-order valence-electron chi connectivity index (χ1n) is 11.5. The standard InChI is InChI=1S/C28H26ClN3O2/c1-19-7-6-8-20(15-19)18-32-25-12-11-22(30-27(33)23-9-2-3-10-24(23)29)16-21(25)17-26(32)28(34)31-13-4-5-14-31/h2-3,6-12,15-17H,4-5,13-14,18H2,1H3,(H,30,33). The minimum Gasteiger partial charge on any atom is -0.337 e. The Hall–Kier alpha value is -3.57. The third kappa shape index (κ3) is 4.44. The minimum atomic E-state index is -0.266. The van der Waals surface area contributed by atoms with E-state index < -0.39 is 0 Å². The summed E-state index contributed by atoms with van der Waals surface area (Å²) in [4.78, 5) is 28.1. The lowest BCUT2D eigenvalue weighted by molar-refractivity contribution is 0.0783. The SMILES string of the molecule is Cc1cccc(Cn2c(C(=O)N3CCCC3)cc3cc(NC(=O)c4ccccc4Cl)ccc32)c1. The zero-order chi connectivity index (χ0) is 23.7. The number of benzene rings is 3. The number of hydrogen-bond donors (Lipinski definition) is 1. The van der Waals surface area contributed by atoms with Crippen LogP contribution in [0.5, 0.6) is 0 Å². The molecule has 0 spiro atoms. The van der Waals surface area contributed by atoms with Crippen LogP contribution >= 0.6 is 11.6 Å². The number of nitrogens with zero attached hydrogens (tertiary/aromatic N) is 2. The van der Waals surface area contributed by atoms with Crippen molar-refractivity contribution in [2.24, 2.45) is 0 Å². The van der Waals surface area contributed by atoms with Gasteiger partial charge in [0.25, 0.3) is 11.8 Å². The first-order valence-corrected chi connectivity index (χ1v) is 11.9. The topological polar surface area (TPSA) is 54.3 Å². The van der Waals surface area contributed by atoms with Crippen molar-refractivity contribution >= 4 is 40.0 Å². The minimum absolute atomic E-state index is 0.0583. The molecule has 0 saturated carbocycles. The number of amides is 2. The van der Waals surface area contributed by atoms with Crippen molar-refractivity contribution < 1.29 is 9.59 Å². The molecule has 4 aromatic rings. The molecule has 0 unspecified atom stereocenters. The molecule has 0 radical (unpaired) electrons. The van der Waals surface area contributed by atoms with Crippen LogP contribution in [0.2, 0.25) is 5.02 Å². The van der Waals surface area contributed by atoms with E-state index in [4.69, 9.17) is 11.6 Å². The van der Waals surface area contributed by atoms with Gasteiger partial charge in [-0.15, -0.1) is 0 Å². The Labute approximate surface area is 203 Å². The third-order valence-corrected chi connectivity index (χ3v) is 6.64. The Bertz CT molecular complexity index is 1390. The molecule has 2 amide bonds. The second kappa shape index (κ2) is 9.35. The molecule has 34 heavy (non-hydrogen) atoms. The molecule has 1 N–H and O–H groups in total. The summed E-state index contributed by atoms with van der Waals surface area (Å²) in [6.07, 6.45) is 2.09. The number of rotatable bonds is 5. The molecule has 1 aromatic heterocycles. The first-order chi connectivity index (χ1) is 16.5. The van der Waals surface area contributed by atoms with Crippen molar-refractivity contribution in [3.05, 3.63) is 100 Å². The number of halogens is 1. The maximum atomic E-state index is 13.4. The zero-order valence-electron chi connectivity index (χ0n) is 19.1. The summed E-state index contributed by atoms with van der Waals surface area (Å²) in [6.45, 7) is 4.26. The van der Waals surface area contributed by atoms with Gasteiger partial charge >= 0.3 is 0 Å². The number of carbonyl (C=O) groups excluding carboxylic acids is 2. The van der Waals surface area contributed by atoms with Gasteiger partial charge < -0.3 is 14.8 Å². The normalized spacial score (nSPS) is 13.4. The maximum Gasteiger partial charge on any atom is 0.270 e. The molecule has 1 aliphatic heterocycles. The third-order valence-electron chi connectivity index (χ3n) is 6.31. The molecule has 0 aliphatic carbocycles. The highest BCUT2D eigenvalue weighted by Crippen LogP contribution is 2.27. The van der Waals surface area contributed by atoms with Gasteiger partial charge in [-0.2, -0.15) is 0 Å². The largest absolute Gasteiger partial charge is 0.337 e. The monoisotopic (exact) mass is 471 g/mol. The maximum absolute atomic E-state index is 13.4. The van der Waals surface area contributed by atoms with Crippen molar-refractivity contribution in [1.29, 1.82) is 0 Å². The summed E-state index contributed by atoms with van der Waals surface area (Å²) >= 11 is 6.18. The smallest absolute Gasteiger partial charge is 0.270 e. The molecule has 6 heteroatoms. The molecule has 0 bridgehead atoms. The lowest BCUT2D eigenvalue weighted by Gasteiger charge is -2.17. The van der Waals surface area contributed by atoms with Crippen LogP contribution in [0.15, 0.2) is 72.8 Å². The van der Waals surface area contributed by atoms with Crippen molar-refractivity contribution in [2.75, 3.05) is 18.4 Å². The highest BCUT2D eigenvalue weighted by Gasteiger charge is 2.24. The summed E-state index contributed by atoms with van der Waals surface area (Å²) in [5, 5.41) is 4.25. The second-order valence-corrected chi connectivity index (χ2v) is 9.22. The van der Waals surface area contributed by atoms with Crippen LogP contribution < -0.4 is 5.32 Å². The van der Waals surface area contributed by atoms with Gasteiger partial charge in [-0.1, -0.05) is 53.6 Å². The highest BCUT2D eigenvalue weighted by atomic mass is 35.5. The van der Waals surface area contributed by atoms with E-state index in [1.807, 2.05) is 35.2 Å². The first kappa shape index (κ1) is 22.2. The van der Waals surface area contributed by atoms with Gasteiger partial charge in [-0.05, 0) is 61.7 Å². The second-order valence-electron chi connectivity index (χ2n) is 8.81. The number of carbonyl (C=O) groups is 2. The van der Waals surface area contributed by atoms with E-state index in [0.29, 0.717) is 28.5 Å². The van der Waals surface area contributed by atoms with E-state index >= 15 is 0 Å². The van der Waals surface area contributed by atoms with Gasteiger partial charge in [0.15, 0.2) is 0 Å². The predicted molar refractivity (Wildman–Crippen MR) is 137 cm³/mol. The average Bonchev–Trinajstić information content (AvgIpc) is 3.48. The number of hydrogen-bond acceptors (Lipinski definition) is 2. The van der Waals surface area contributed by atoms with Gasteiger partial charge in [0, 0.05) is 36.2 Å². The van der Waals surface area contributed by atoms with Crippen molar-refractivity contribution in [3.63, 3.8) is 0 Å². The van der Waals surface area contributed by atoms with Crippen LogP contribution in [0.4, 0.5) is 5.69 Å². The lowest BCUT2D eigenvalue weighted by atomic mass is 10.1. The van der Waals surface area contributed by atoms with Gasteiger partial charge in [0.2, 0.25) is 0 Å². The Balaban J connectivity index is 1.52. The molecular weight excluding hydrogens is 446 g/mol. The summed E-state index contributed by atoms with van der Waals surface area (Å²) in [5.41, 5.74) is 5.04. The molecular formula is C28H26ClN3O2. The lowest BCUT2D eigenvalue weighted by Crippen LogP contribution is -2.29. The molecule has 2 heterocycles. The fraction of sp³-hybridized carbons (Fsp3) is 0.214. The van der Waals surface area contributed by atoms with E-state index in [9.17, 15) is 9.59 Å². The molecule has 1 saturated heterocycles. The quantitative estimate of drug-likeness (QED) is 0.380. The fourth-order valence-corrected chi connectivity index (χ4v) is 4.84. The molecule has 0 atom stereocenters. The van der Waals surface area contributed by atoms with Gasteiger partial charge in [-0.3, -0.25) is 9.59 Å². The van der Waals surface area contributed by atoms with Crippen LogP contribution in [-0.2, 0) is 6.54 Å². The molecule has 5 rings (SSSR count). The van der Waals surface area contributed by atoms with E-state index in [1.54, 1.807) is 24.3 Å². The van der Waals surface area contributed by atoms with Crippen LogP contribution in [0.25, 0.3) is 10.9 Å². The zero-order valence-corrected chi connectivity index (χ0v) is 19.8. The Kier molecular flexibility index (Phi) is 6.12. The predicted octanol–water partition coefficient (Wildman–Crippen LogP) is 6.14. The van der Waals surface area contributed by atoms with Crippen molar-refractivity contribution in [2.45, 2.75) is 26.3 Å². The molecule has 172 valence electrons. The van der Waals surface area contributed by atoms with Crippen LogP contribution in [-0.4, -0.2) is 34.4 Å². The summed E-state index contributed by atoms with van der Waals surface area (Å²) in [5.74, 6) is -0.208. The molecule has 1 fully saturated rings. The van der Waals surface area contributed by atoms with Gasteiger partial charge in [-0.25, -0.2) is 0 Å². The Morgan fingerprint density at radius 3 is 2.50 bits per heavy atom. The van der Waals surface area contributed by atoms with E-state index in [-0.39, 0.29) is 11.8 Å². The van der Waals surface area contributed by atoms with Crippen LogP contribution in [0.1, 0.15) is 44.8 Å². The van der Waals surface area contributed by atoms with Crippen molar-refractivity contribution in [3.8, 4) is 0 Å². The van der Waals surface area contributed by atoms with Gasteiger partial charge in [0.05, 0.1) is 10.6 Å². The van der Waals surface area contributed by atoms with Crippen molar-refractivity contribution in [1.82, 2.24) is 9.47 Å². The Morgan fingerprint density at radius 2 is 1.74 bits per heavy atom. The number of fused-ring (bicyclic) bond motifs is 1. The van der Waals surface area contributed by atoms with E-state index in [0.717, 1.165) is 42.4 Å². The summed E-state index contributed by atoms with van der Waals surface area (Å²) in [6, 6.07) is 23.0. The number of likely N-dealkylation sites (tertiary alicyclic amines) is 1. The van der Waals surface area contributed by atoms with E-state index in [2.05, 4.69) is 35.0 Å².